The standard InChI is InChI=1S/C19H16Cl2N2O2/c1-25-17-5-3-2-4-13(17)7-9-18-22-16(19(24)23-18)11-12-6-8-14(20)15(21)10-12/h2-6,8,10-11H,7,9H2,1H3,(H,22,23,24)/b16-11+. The molecule has 0 unspecified atom stereocenters. The second-order valence-corrected chi connectivity index (χ2v) is 6.34. The summed E-state index contributed by atoms with van der Waals surface area (Å²) in [7, 11) is 1.64. The van der Waals surface area contributed by atoms with Crippen LogP contribution in [-0.2, 0) is 11.2 Å². The minimum absolute atomic E-state index is 0.221. The van der Waals surface area contributed by atoms with Crippen LogP contribution in [0.2, 0.25) is 10.0 Å². The Morgan fingerprint density at radius 2 is 1.92 bits per heavy atom. The van der Waals surface area contributed by atoms with E-state index in [1.54, 1.807) is 31.4 Å². The highest BCUT2D eigenvalue weighted by atomic mass is 35.5. The molecule has 0 saturated heterocycles. The van der Waals surface area contributed by atoms with Gasteiger partial charge in [-0.05, 0) is 41.8 Å². The lowest BCUT2D eigenvalue weighted by Crippen LogP contribution is -2.24. The summed E-state index contributed by atoms with van der Waals surface area (Å²) in [6.45, 7) is 0. The van der Waals surface area contributed by atoms with E-state index in [9.17, 15) is 4.79 Å². The van der Waals surface area contributed by atoms with Crippen LogP contribution in [0.5, 0.6) is 5.75 Å². The maximum absolute atomic E-state index is 12.1. The SMILES string of the molecule is COc1ccccc1CCC1=N/C(=C/c2ccc(Cl)c(Cl)c2)C(=O)N1. The zero-order valence-electron chi connectivity index (χ0n) is 13.6. The average Bonchev–Trinajstić information content (AvgIpc) is 2.96. The summed E-state index contributed by atoms with van der Waals surface area (Å²) in [5.74, 6) is 1.25. The molecular formula is C19H16Cl2N2O2. The molecule has 1 heterocycles. The molecule has 0 aromatic heterocycles. The average molecular weight is 375 g/mol. The Bertz CT molecular complexity index is 875. The highest BCUT2D eigenvalue weighted by Gasteiger charge is 2.20. The van der Waals surface area contributed by atoms with Crippen molar-refractivity contribution in [1.82, 2.24) is 5.32 Å². The van der Waals surface area contributed by atoms with E-state index in [4.69, 9.17) is 27.9 Å². The number of amidine groups is 1. The molecule has 25 heavy (non-hydrogen) atoms. The number of amides is 1. The zero-order valence-corrected chi connectivity index (χ0v) is 15.1. The van der Waals surface area contributed by atoms with Gasteiger partial charge in [0.1, 0.15) is 17.3 Å². The largest absolute Gasteiger partial charge is 0.496 e. The second-order valence-electron chi connectivity index (χ2n) is 5.53. The van der Waals surface area contributed by atoms with Crippen LogP contribution in [0, 0.1) is 0 Å². The summed E-state index contributed by atoms with van der Waals surface area (Å²) in [5, 5.41) is 3.71. The van der Waals surface area contributed by atoms with E-state index in [0.29, 0.717) is 28.0 Å². The Hall–Kier alpha value is -2.30. The number of nitrogens with zero attached hydrogens (tertiary/aromatic N) is 1. The number of aliphatic imine (C=N–C) groups is 1. The summed E-state index contributed by atoms with van der Waals surface area (Å²) in [5.41, 5.74) is 2.20. The van der Waals surface area contributed by atoms with E-state index in [-0.39, 0.29) is 5.91 Å². The van der Waals surface area contributed by atoms with Gasteiger partial charge in [0.15, 0.2) is 0 Å². The monoisotopic (exact) mass is 374 g/mol. The molecule has 0 saturated carbocycles. The van der Waals surface area contributed by atoms with Gasteiger partial charge in [0.2, 0.25) is 0 Å². The molecule has 3 rings (SSSR count). The lowest BCUT2D eigenvalue weighted by Gasteiger charge is -2.07. The number of rotatable bonds is 5. The number of hydrogen-bond acceptors (Lipinski definition) is 3. The van der Waals surface area contributed by atoms with Crippen LogP contribution >= 0.6 is 23.2 Å². The van der Waals surface area contributed by atoms with Crippen LogP contribution in [-0.4, -0.2) is 18.9 Å². The molecule has 128 valence electrons. The van der Waals surface area contributed by atoms with Crippen LogP contribution in [0.25, 0.3) is 6.08 Å². The topological polar surface area (TPSA) is 50.7 Å². The predicted molar refractivity (Wildman–Crippen MR) is 101 cm³/mol. The van der Waals surface area contributed by atoms with Gasteiger partial charge in [-0.1, -0.05) is 47.5 Å². The molecule has 0 fully saturated rings. The Morgan fingerprint density at radius 3 is 2.68 bits per heavy atom. The minimum Gasteiger partial charge on any atom is -0.496 e. The quantitative estimate of drug-likeness (QED) is 0.783. The first-order chi connectivity index (χ1) is 12.1. The van der Waals surface area contributed by atoms with Crippen molar-refractivity contribution < 1.29 is 9.53 Å². The Kier molecular flexibility index (Phi) is 5.41. The van der Waals surface area contributed by atoms with Crippen molar-refractivity contribution in [2.45, 2.75) is 12.8 Å². The number of para-hydroxylation sites is 1. The first kappa shape index (κ1) is 17.5. The van der Waals surface area contributed by atoms with Crippen molar-refractivity contribution in [3.63, 3.8) is 0 Å². The molecule has 0 spiro atoms. The van der Waals surface area contributed by atoms with Crippen LogP contribution in [0.15, 0.2) is 53.2 Å². The maximum atomic E-state index is 12.1. The van der Waals surface area contributed by atoms with Gasteiger partial charge in [0.05, 0.1) is 17.2 Å². The van der Waals surface area contributed by atoms with Crippen molar-refractivity contribution in [3.8, 4) is 5.75 Å². The number of benzene rings is 2. The Labute approximate surface area is 156 Å². The van der Waals surface area contributed by atoms with Crippen LogP contribution in [0.3, 0.4) is 0 Å². The van der Waals surface area contributed by atoms with Gasteiger partial charge in [0.25, 0.3) is 5.91 Å². The molecule has 1 aliphatic heterocycles. The van der Waals surface area contributed by atoms with E-state index in [1.165, 1.54) is 0 Å². The molecule has 2 aromatic rings. The summed E-state index contributed by atoms with van der Waals surface area (Å²) in [4.78, 5) is 16.5. The maximum Gasteiger partial charge on any atom is 0.275 e. The van der Waals surface area contributed by atoms with Crippen LogP contribution in [0.1, 0.15) is 17.5 Å². The highest BCUT2D eigenvalue weighted by molar-refractivity contribution is 6.42. The van der Waals surface area contributed by atoms with Crippen molar-refractivity contribution in [1.29, 1.82) is 0 Å². The summed E-state index contributed by atoms with van der Waals surface area (Å²) in [6, 6.07) is 13.0. The molecule has 2 aromatic carbocycles. The van der Waals surface area contributed by atoms with Gasteiger partial charge in [-0.2, -0.15) is 0 Å². The molecule has 0 bridgehead atoms. The van der Waals surface area contributed by atoms with Gasteiger partial charge < -0.3 is 10.1 Å². The zero-order chi connectivity index (χ0) is 17.8. The fourth-order valence-electron chi connectivity index (χ4n) is 2.56. The molecule has 1 N–H and O–H groups in total. The first-order valence-corrected chi connectivity index (χ1v) is 8.50. The van der Waals surface area contributed by atoms with Crippen LogP contribution in [0.4, 0.5) is 0 Å². The third-order valence-electron chi connectivity index (χ3n) is 3.82. The molecule has 1 amide bonds. The van der Waals surface area contributed by atoms with Gasteiger partial charge >= 0.3 is 0 Å². The molecule has 0 aliphatic carbocycles. The summed E-state index contributed by atoms with van der Waals surface area (Å²) >= 11 is 11.9. The van der Waals surface area contributed by atoms with Gasteiger partial charge in [-0.15, -0.1) is 0 Å². The normalized spacial score (nSPS) is 15.2. The number of halogens is 2. The van der Waals surface area contributed by atoms with E-state index >= 15 is 0 Å². The number of carbonyl (C=O) groups excluding carboxylic acids is 1. The number of nitrogens with one attached hydrogen (secondary N) is 1. The fourth-order valence-corrected chi connectivity index (χ4v) is 2.86. The third-order valence-corrected chi connectivity index (χ3v) is 4.56. The number of hydrogen-bond donors (Lipinski definition) is 1. The lowest BCUT2D eigenvalue weighted by molar-refractivity contribution is -0.115. The van der Waals surface area contributed by atoms with Crippen molar-refractivity contribution in [3.05, 3.63) is 69.3 Å². The van der Waals surface area contributed by atoms with Gasteiger partial charge in [0, 0.05) is 6.42 Å². The Balaban J connectivity index is 1.73. The third kappa shape index (κ3) is 4.21. The molecule has 1 aliphatic rings. The first-order valence-electron chi connectivity index (χ1n) is 7.74. The number of ether oxygens (including phenoxy) is 1. The molecule has 4 nitrogen and oxygen atoms in total. The minimum atomic E-state index is -0.221. The molecule has 0 atom stereocenters. The molecule has 0 radical (unpaired) electrons. The van der Waals surface area contributed by atoms with E-state index in [2.05, 4.69) is 10.3 Å². The second kappa shape index (κ2) is 7.72. The highest BCUT2D eigenvalue weighted by Crippen LogP contribution is 2.25. The van der Waals surface area contributed by atoms with E-state index < -0.39 is 0 Å². The number of carbonyl (C=O) groups is 1. The smallest absolute Gasteiger partial charge is 0.275 e. The number of aryl methyl sites for hydroxylation is 1. The summed E-state index contributed by atoms with van der Waals surface area (Å²) < 4.78 is 5.34. The van der Waals surface area contributed by atoms with Gasteiger partial charge in [-0.25, -0.2) is 4.99 Å². The Morgan fingerprint density at radius 1 is 1.12 bits per heavy atom. The van der Waals surface area contributed by atoms with Crippen molar-refractivity contribution in [2.24, 2.45) is 4.99 Å². The van der Waals surface area contributed by atoms with Crippen molar-refractivity contribution in [2.75, 3.05) is 7.11 Å². The van der Waals surface area contributed by atoms with Crippen LogP contribution < -0.4 is 10.1 Å². The van der Waals surface area contributed by atoms with E-state index in [1.807, 2.05) is 24.3 Å². The van der Waals surface area contributed by atoms with E-state index in [0.717, 1.165) is 23.3 Å². The number of methoxy groups -OCH3 is 1. The van der Waals surface area contributed by atoms with Crippen molar-refractivity contribution >= 4 is 41.0 Å². The molecule has 6 heteroatoms. The predicted octanol–water partition coefficient (Wildman–Crippen LogP) is 4.50. The lowest BCUT2D eigenvalue weighted by atomic mass is 10.1. The summed E-state index contributed by atoms with van der Waals surface area (Å²) in [6.07, 6.45) is 3.03. The molecular weight excluding hydrogens is 359 g/mol. The van der Waals surface area contributed by atoms with Gasteiger partial charge in [-0.3, -0.25) is 4.79 Å². The fraction of sp³-hybridized carbons (Fsp3) is 0.158.